The summed E-state index contributed by atoms with van der Waals surface area (Å²) in [4.78, 5) is 4.12. The maximum absolute atomic E-state index is 5.77. The molecule has 1 aromatic heterocycles. The van der Waals surface area contributed by atoms with Crippen molar-refractivity contribution in [3.8, 4) is 0 Å². The molecule has 1 heterocycles. The van der Waals surface area contributed by atoms with Gasteiger partial charge in [-0.05, 0) is 18.9 Å². The van der Waals surface area contributed by atoms with E-state index in [1.165, 1.54) is 0 Å². The van der Waals surface area contributed by atoms with Crippen LogP contribution in [0.1, 0.15) is 36.6 Å². The second-order valence-electron chi connectivity index (χ2n) is 4.93. The SMILES string of the molecule is CCCCOCc1ccccc1C=Nn1cc(C)nc1N. The Bertz CT molecular complexity index is 604. The Labute approximate surface area is 125 Å². The highest BCUT2D eigenvalue weighted by Crippen LogP contribution is 2.10. The summed E-state index contributed by atoms with van der Waals surface area (Å²) in [6, 6.07) is 8.06. The zero-order chi connectivity index (χ0) is 15.1. The third kappa shape index (κ3) is 4.43. The number of aryl methyl sites for hydroxylation is 1. The Hall–Kier alpha value is -2.14. The van der Waals surface area contributed by atoms with Gasteiger partial charge in [-0.15, -0.1) is 0 Å². The van der Waals surface area contributed by atoms with Crippen molar-refractivity contribution < 1.29 is 4.74 Å². The number of nitrogen functional groups attached to an aromatic ring is 1. The van der Waals surface area contributed by atoms with Crippen molar-refractivity contribution >= 4 is 12.2 Å². The first kappa shape index (κ1) is 15.3. The van der Waals surface area contributed by atoms with E-state index >= 15 is 0 Å². The van der Waals surface area contributed by atoms with E-state index in [0.29, 0.717) is 12.6 Å². The minimum absolute atomic E-state index is 0.389. The number of benzene rings is 1. The van der Waals surface area contributed by atoms with Crippen molar-refractivity contribution in [3.63, 3.8) is 0 Å². The van der Waals surface area contributed by atoms with E-state index in [2.05, 4.69) is 23.1 Å². The highest BCUT2D eigenvalue weighted by Gasteiger charge is 2.01. The summed E-state index contributed by atoms with van der Waals surface area (Å²) >= 11 is 0. The fourth-order valence-electron chi connectivity index (χ4n) is 1.94. The number of ether oxygens (including phenoxy) is 1. The largest absolute Gasteiger partial charge is 0.377 e. The average molecular weight is 286 g/mol. The van der Waals surface area contributed by atoms with Crippen LogP contribution in [0.3, 0.4) is 0 Å². The number of hydrogen-bond acceptors (Lipinski definition) is 4. The van der Waals surface area contributed by atoms with Crippen molar-refractivity contribution in [2.75, 3.05) is 12.3 Å². The molecular formula is C16H22N4O. The summed E-state index contributed by atoms with van der Waals surface area (Å²) in [7, 11) is 0. The molecule has 2 N–H and O–H groups in total. The topological polar surface area (TPSA) is 65.4 Å². The molecule has 112 valence electrons. The van der Waals surface area contributed by atoms with Crippen molar-refractivity contribution in [1.82, 2.24) is 9.66 Å². The van der Waals surface area contributed by atoms with Gasteiger partial charge in [-0.25, -0.2) is 9.66 Å². The highest BCUT2D eigenvalue weighted by atomic mass is 16.5. The summed E-state index contributed by atoms with van der Waals surface area (Å²) < 4.78 is 7.25. The van der Waals surface area contributed by atoms with Crippen LogP contribution in [0.15, 0.2) is 35.6 Å². The molecule has 2 aromatic rings. The lowest BCUT2D eigenvalue weighted by Crippen LogP contribution is -2.01. The van der Waals surface area contributed by atoms with Crippen LogP contribution in [0, 0.1) is 6.92 Å². The summed E-state index contributed by atoms with van der Waals surface area (Å²) in [6.07, 6.45) is 5.81. The van der Waals surface area contributed by atoms with E-state index in [0.717, 1.165) is 36.3 Å². The predicted molar refractivity (Wildman–Crippen MR) is 85.4 cm³/mol. The quantitative estimate of drug-likeness (QED) is 0.628. The minimum Gasteiger partial charge on any atom is -0.377 e. The third-order valence-electron chi connectivity index (χ3n) is 3.11. The number of anilines is 1. The molecule has 5 nitrogen and oxygen atoms in total. The fraction of sp³-hybridized carbons (Fsp3) is 0.375. The molecule has 21 heavy (non-hydrogen) atoms. The highest BCUT2D eigenvalue weighted by molar-refractivity contribution is 5.81. The number of aromatic nitrogens is 2. The Kier molecular flexibility index (Phi) is 5.51. The maximum atomic E-state index is 5.77. The summed E-state index contributed by atoms with van der Waals surface area (Å²) in [6.45, 7) is 5.43. The molecule has 0 aliphatic heterocycles. The van der Waals surface area contributed by atoms with Crippen LogP contribution in [0.2, 0.25) is 0 Å². The van der Waals surface area contributed by atoms with Crippen molar-refractivity contribution in [2.45, 2.75) is 33.3 Å². The van der Waals surface area contributed by atoms with Gasteiger partial charge in [0.25, 0.3) is 0 Å². The maximum Gasteiger partial charge on any atom is 0.221 e. The van der Waals surface area contributed by atoms with E-state index in [-0.39, 0.29) is 0 Å². The number of nitrogens with zero attached hydrogens (tertiary/aromatic N) is 3. The second-order valence-corrected chi connectivity index (χ2v) is 4.93. The van der Waals surface area contributed by atoms with Crippen molar-refractivity contribution in [3.05, 3.63) is 47.3 Å². The molecule has 0 aliphatic carbocycles. The molecule has 0 spiro atoms. The van der Waals surface area contributed by atoms with Crippen LogP contribution < -0.4 is 5.73 Å². The molecule has 1 aromatic carbocycles. The van der Waals surface area contributed by atoms with Crippen LogP contribution in [0.5, 0.6) is 0 Å². The van der Waals surface area contributed by atoms with Crippen LogP contribution in [0.25, 0.3) is 0 Å². The number of nitrogens with two attached hydrogens (primary N) is 1. The molecule has 0 unspecified atom stereocenters. The Morgan fingerprint density at radius 1 is 1.38 bits per heavy atom. The molecule has 0 atom stereocenters. The molecule has 0 aliphatic rings. The second kappa shape index (κ2) is 7.59. The number of rotatable bonds is 7. The lowest BCUT2D eigenvalue weighted by Gasteiger charge is -2.06. The Morgan fingerprint density at radius 2 is 2.19 bits per heavy atom. The average Bonchev–Trinajstić information content (AvgIpc) is 2.80. The van der Waals surface area contributed by atoms with E-state index in [4.69, 9.17) is 10.5 Å². The van der Waals surface area contributed by atoms with Crippen LogP contribution in [-0.4, -0.2) is 22.5 Å². The summed E-state index contributed by atoms with van der Waals surface area (Å²) in [5.74, 6) is 0.389. The molecule has 0 saturated carbocycles. The molecule has 0 bridgehead atoms. The molecule has 5 heteroatoms. The van der Waals surface area contributed by atoms with Gasteiger partial charge in [-0.2, -0.15) is 5.10 Å². The standard InChI is InChI=1S/C16H22N4O/c1-3-4-9-21-12-15-8-6-5-7-14(15)10-18-20-11-13(2)19-16(20)17/h5-8,10-11H,3-4,9,12H2,1-2H3,(H2,17,19). The summed E-state index contributed by atoms with van der Waals surface area (Å²) in [5, 5.41) is 4.35. The summed E-state index contributed by atoms with van der Waals surface area (Å²) in [5.41, 5.74) is 8.76. The van der Waals surface area contributed by atoms with Crippen LogP contribution >= 0.6 is 0 Å². The third-order valence-corrected chi connectivity index (χ3v) is 3.11. The molecule has 0 amide bonds. The van der Waals surface area contributed by atoms with Crippen molar-refractivity contribution in [1.29, 1.82) is 0 Å². The monoisotopic (exact) mass is 286 g/mol. The first-order chi connectivity index (χ1) is 10.2. The Morgan fingerprint density at radius 3 is 2.90 bits per heavy atom. The minimum atomic E-state index is 0.389. The normalized spacial score (nSPS) is 11.3. The number of hydrogen-bond donors (Lipinski definition) is 1. The van der Waals surface area contributed by atoms with E-state index in [9.17, 15) is 0 Å². The lowest BCUT2D eigenvalue weighted by atomic mass is 10.1. The van der Waals surface area contributed by atoms with Gasteiger partial charge in [0.05, 0.1) is 24.7 Å². The smallest absolute Gasteiger partial charge is 0.221 e. The molecule has 0 saturated heterocycles. The van der Waals surface area contributed by atoms with Gasteiger partial charge < -0.3 is 10.5 Å². The van der Waals surface area contributed by atoms with E-state index in [1.54, 1.807) is 17.1 Å². The lowest BCUT2D eigenvalue weighted by molar-refractivity contribution is 0.118. The molecule has 0 radical (unpaired) electrons. The van der Waals surface area contributed by atoms with Gasteiger partial charge >= 0.3 is 0 Å². The zero-order valence-electron chi connectivity index (χ0n) is 12.6. The van der Waals surface area contributed by atoms with E-state index in [1.807, 2.05) is 25.1 Å². The zero-order valence-corrected chi connectivity index (χ0v) is 12.6. The van der Waals surface area contributed by atoms with Gasteiger partial charge in [-0.3, -0.25) is 0 Å². The van der Waals surface area contributed by atoms with Gasteiger partial charge in [0.1, 0.15) is 0 Å². The molecular weight excluding hydrogens is 264 g/mol. The number of imidazole rings is 1. The van der Waals surface area contributed by atoms with Gasteiger partial charge in [0.2, 0.25) is 5.95 Å². The van der Waals surface area contributed by atoms with Crippen LogP contribution in [0.4, 0.5) is 5.95 Å². The number of unbranched alkanes of at least 4 members (excludes halogenated alkanes) is 1. The van der Waals surface area contributed by atoms with Gasteiger partial charge in [0.15, 0.2) is 0 Å². The predicted octanol–water partition coefficient (Wildman–Crippen LogP) is 2.97. The van der Waals surface area contributed by atoms with Gasteiger partial charge in [-0.1, -0.05) is 37.6 Å². The molecule has 0 fully saturated rings. The van der Waals surface area contributed by atoms with Crippen molar-refractivity contribution in [2.24, 2.45) is 5.10 Å². The Balaban J connectivity index is 2.07. The first-order valence-electron chi connectivity index (χ1n) is 7.22. The first-order valence-corrected chi connectivity index (χ1v) is 7.22. The van der Waals surface area contributed by atoms with E-state index < -0.39 is 0 Å². The fourth-order valence-corrected chi connectivity index (χ4v) is 1.94. The van der Waals surface area contributed by atoms with Crippen LogP contribution in [-0.2, 0) is 11.3 Å². The van der Waals surface area contributed by atoms with Gasteiger partial charge in [0, 0.05) is 12.2 Å². The molecule has 2 rings (SSSR count).